The normalized spacial score (nSPS) is 12.2. The second kappa shape index (κ2) is 7.90. The summed E-state index contributed by atoms with van der Waals surface area (Å²) in [5.74, 6) is -1.34. The summed E-state index contributed by atoms with van der Waals surface area (Å²) in [6.07, 6.45) is -5.58. The highest BCUT2D eigenvalue weighted by Crippen LogP contribution is 2.29. The Kier molecular flexibility index (Phi) is 5.86. The molecule has 0 radical (unpaired) electrons. The second-order valence-electron chi connectivity index (χ2n) is 5.41. The lowest BCUT2D eigenvalue weighted by atomic mass is 10.2. The number of alkyl halides is 3. The lowest BCUT2D eigenvalue weighted by molar-refractivity contribution is -0.137. The highest BCUT2D eigenvalue weighted by Gasteiger charge is 2.30. The van der Waals surface area contributed by atoms with Crippen LogP contribution in [-0.2, 0) is 15.7 Å². The summed E-state index contributed by atoms with van der Waals surface area (Å²) in [5, 5.41) is 5.25. The Balaban J connectivity index is 2.00. The lowest BCUT2D eigenvalue weighted by Gasteiger charge is -2.15. The van der Waals surface area contributed by atoms with E-state index in [0.29, 0.717) is 5.69 Å². The SMILES string of the molecule is CNc1ccccc1C(=O)O[C@@H](C)C(=O)Nc1ccc(C(F)(F)F)cc1. The van der Waals surface area contributed by atoms with Crippen molar-refractivity contribution in [2.45, 2.75) is 19.2 Å². The fourth-order valence-electron chi connectivity index (χ4n) is 2.14. The van der Waals surface area contributed by atoms with Gasteiger partial charge < -0.3 is 15.4 Å². The molecular formula is C18H17F3N2O3. The summed E-state index contributed by atoms with van der Waals surface area (Å²) < 4.78 is 42.7. The first-order valence-electron chi connectivity index (χ1n) is 7.68. The molecule has 0 fully saturated rings. The molecule has 0 aliphatic heterocycles. The lowest BCUT2D eigenvalue weighted by Crippen LogP contribution is -2.30. The van der Waals surface area contributed by atoms with Gasteiger partial charge in [-0.05, 0) is 43.3 Å². The average Bonchev–Trinajstić information content (AvgIpc) is 2.61. The van der Waals surface area contributed by atoms with Crippen LogP contribution in [0.3, 0.4) is 0 Å². The maximum absolute atomic E-state index is 12.5. The molecule has 2 aromatic rings. The van der Waals surface area contributed by atoms with Crippen LogP contribution in [0.2, 0.25) is 0 Å². The number of amides is 1. The zero-order valence-electron chi connectivity index (χ0n) is 14.1. The van der Waals surface area contributed by atoms with E-state index < -0.39 is 29.7 Å². The highest BCUT2D eigenvalue weighted by molar-refractivity contribution is 5.99. The maximum atomic E-state index is 12.5. The monoisotopic (exact) mass is 366 g/mol. The number of halogens is 3. The van der Waals surface area contributed by atoms with Crippen LogP contribution in [0.1, 0.15) is 22.8 Å². The maximum Gasteiger partial charge on any atom is 0.416 e. The minimum atomic E-state index is -4.45. The molecule has 2 rings (SSSR count). The topological polar surface area (TPSA) is 67.4 Å². The minimum Gasteiger partial charge on any atom is -0.449 e. The van der Waals surface area contributed by atoms with E-state index >= 15 is 0 Å². The molecule has 138 valence electrons. The van der Waals surface area contributed by atoms with Crippen molar-refractivity contribution in [1.82, 2.24) is 0 Å². The molecule has 1 amide bonds. The van der Waals surface area contributed by atoms with Gasteiger partial charge in [0.1, 0.15) is 0 Å². The molecule has 0 saturated carbocycles. The van der Waals surface area contributed by atoms with Gasteiger partial charge in [0.25, 0.3) is 5.91 Å². The summed E-state index contributed by atoms with van der Waals surface area (Å²) in [7, 11) is 1.65. The average molecular weight is 366 g/mol. The Bertz CT molecular complexity index is 789. The second-order valence-corrected chi connectivity index (χ2v) is 5.41. The third-order valence-electron chi connectivity index (χ3n) is 3.55. The van der Waals surface area contributed by atoms with E-state index in [1.807, 2.05) is 0 Å². The first-order valence-corrected chi connectivity index (χ1v) is 7.68. The molecule has 0 unspecified atom stereocenters. The number of hydrogen-bond acceptors (Lipinski definition) is 4. The van der Waals surface area contributed by atoms with Gasteiger partial charge in [0.2, 0.25) is 0 Å². The molecule has 26 heavy (non-hydrogen) atoms. The number of benzene rings is 2. The molecule has 0 heterocycles. The van der Waals surface area contributed by atoms with Crippen LogP contribution in [0.5, 0.6) is 0 Å². The molecule has 0 bridgehead atoms. The van der Waals surface area contributed by atoms with E-state index in [1.165, 1.54) is 6.92 Å². The fraction of sp³-hybridized carbons (Fsp3) is 0.222. The summed E-state index contributed by atoms with van der Waals surface area (Å²) in [6, 6.07) is 10.6. The number of carbonyl (C=O) groups is 2. The number of para-hydroxylation sites is 1. The van der Waals surface area contributed by atoms with E-state index in [2.05, 4.69) is 10.6 Å². The number of ether oxygens (including phenoxy) is 1. The molecule has 0 aliphatic rings. The highest BCUT2D eigenvalue weighted by atomic mass is 19.4. The predicted octanol–water partition coefficient (Wildman–Crippen LogP) is 3.93. The Labute approximate surface area is 148 Å². The number of esters is 1. The first kappa shape index (κ1) is 19.3. The summed E-state index contributed by atoms with van der Waals surface area (Å²) >= 11 is 0. The Morgan fingerprint density at radius 3 is 2.23 bits per heavy atom. The van der Waals surface area contributed by atoms with Crippen LogP contribution in [0.4, 0.5) is 24.5 Å². The van der Waals surface area contributed by atoms with Crippen molar-refractivity contribution in [2.24, 2.45) is 0 Å². The minimum absolute atomic E-state index is 0.168. The van der Waals surface area contributed by atoms with Gasteiger partial charge in [0.15, 0.2) is 6.10 Å². The Morgan fingerprint density at radius 2 is 1.65 bits per heavy atom. The van der Waals surface area contributed by atoms with Crippen molar-refractivity contribution >= 4 is 23.3 Å². The van der Waals surface area contributed by atoms with E-state index in [-0.39, 0.29) is 11.3 Å². The van der Waals surface area contributed by atoms with E-state index in [9.17, 15) is 22.8 Å². The van der Waals surface area contributed by atoms with Crippen molar-refractivity contribution < 1.29 is 27.5 Å². The van der Waals surface area contributed by atoms with Crippen LogP contribution in [0.15, 0.2) is 48.5 Å². The third-order valence-corrected chi connectivity index (χ3v) is 3.55. The predicted molar refractivity (Wildman–Crippen MR) is 90.9 cm³/mol. The van der Waals surface area contributed by atoms with Crippen molar-refractivity contribution in [3.8, 4) is 0 Å². The van der Waals surface area contributed by atoms with Gasteiger partial charge in [0, 0.05) is 18.4 Å². The van der Waals surface area contributed by atoms with Gasteiger partial charge in [-0.15, -0.1) is 0 Å². The van der Waals surface area contributed by atoms with E-state index in [4.69, 9.17) is 4.74 Å². The van der Waals surface area contributed by atoms with E-state index in [1.54, 1.807) is 31.3 Å². The van der Waals surface area contributed by atoms with Crippen LogP contribution in [-0.4, -0.2) is 25.0 Å². The van der Waals surface area contributed by atoms with Crippen molar-refractivity contribution in [1.29, 1.82) is 0 Å². The molecule has 0 aromatic heterocycles. The molecule has 5 nitrogen and oxygen atoms in total. The Morgan fingerprint density at radius 1 is 1.04 bits per heavy atom. The van der Waals surface area contributed by atoms with Gasteiger partial charge in [-0.1, -0.05) is 12.1 Å². The molecule has 8 heteroatoms. The zero-order valence-corrected chi connectivity index (χ0v) is 14.1. The van der Waals surface area contributed by atoms with E-state index in [0.717, 1.165) is 24.3 Å². The first-order chi connectivity index (χ1) is 12.2. The van der Waals surface area contributed by atoms with Gasteiger partial charge in [0.05, 0.1) is 11.1 Å². The fourth-order valence-corrected chi connectivity index (χ4v) is 2.14. The Hall–Kier alpha value is -3.03. The smallest absolute Gasteiger partial charge is 0.416 e. The molecule has 0 spiro atoms. The van der Waals surface area contributed by atoms with Crippen molar-refractivity contribution in [3.63, 3.8) is 0 Å². The standard InChI is InChI=1S/C18H17F3N2O3/c1-11(26-17(25)14-5-3-4-6-15(14)22-2)16(24)23-13-9-7-12(8-10-13)18(19,20)21/h3-11,22H,1-2H3,(H,23,24)/t11-/m0/s1. The van der Waals surface area contributed by atoms with Crippen LogP contribution < -0.4 is 10.6 Å². The summed E-state index contributed by atoms with van der Waals surface area (Å²) in [5.41, 5.74) is 0.164. The number of rotatable bonds is 5. The zero-order chi connectivity index (χ0) is 19.3. The number of nitrogens with one attached hydrogen (secondary N) is 2. The van der Waals surface area contributed by atoms with Gasteiger partial charge in [-0.3, -0.25) is 4.79 Å². The van der Waals surface area contributed by atoms with Gasteiger partial charge in [-0.25, -0.2) is 4.79 Å². The quantitative estimate of drug-likeness (QED) is 0.787. The largest absolute Gasteiger partial charge is 0.449 e. The molecule has 2 aromatic carbocycles. The summed E-state index contributed by atoms with van der Waals surface area (Å²) in [4.78, 5) is 24.3. The van der Waals surface area contributed by atoms with Crippen molar-refractivity contribution in [3.05, 3.63) is 59.7 Å². The molecule has 2 N–H and O–H groups in total. The number of anilines is 2. The van der Waals surface area contributed by atoms with Crippen LogP contribution in [0.25, 0.3) is 0 Å². The third kappa shape index (κ3) is 4.75. The molecular weight excluding hydrogens is 349 g/mol. The number of hydrogen-bond donors (Lipinski definition) is 2. The number of carbonyl (C=O) groups excluding carboxylic acids is 2. The van der Waals surface area contributed by atoms with Crippen molar-refractivity contribution in [2.75, 3.05) is 17.7 Å². The van der Waals surface area contributed by atoms with Crippen LogP contribution in [0, 0.1) is 0 Å². The van der Waals surface area contributed by atoms with Crippen LogP contribution >= 0.6 is 0 Å². The molecule has 0 aliphatic carbocycles. The summed E-state index contributed by atoms with van der Waals surface area (Å²) in [6.45, 7) is 1.37. The molecule has 0 saturated heterocycles. The van der Waals surface area contributed by atoms with Gasteiger partial charge >= 0.3 is 12.1 Å². The molecule has 1 atom stereocenters. The van der Waals surface area contributed by atoms with Gasteiger partial charge in [-0.2, -0.15) is 13.2 Å².